The van der Waals surface area contributed by atoms with Gasteiger partial charge in [0, 0.05) is 162 Å². The van der Waals surface area contributed by atoms with Crippen LogP contribution in [0.3, 0.4) is 0 Å². The third kappa shape index (κ3) is 21.4. The Bertz CT molecular complexity index is 6650. The summed E-state index contributed by atoms with van der Waals surface area (Å²) in [7, 11) is 16.2. The lowest BCUT2D eigenvalue weighted by Crippen LogP contribution is -2.18. The minimum atomic E-state index is 0.557. The van der Waals surface area contributed by atoms with Gasteiger partial charge in [-0.3, -0.25) is 26.4 Å². The lowest BCUT2D eigenvalue weighted by molar-refractivity contribution is 0.414. The minimum Gasteiger partial charge on any atom is -0.497 e. The van der Waals surface area contributed by atoms with Crippen molar-refractivity contribution in [1.29, 1.82) is 0 Å². The Balaban J connectivity index is 0.000000124. The van der Waals surface area contributed by atoms with Crippen molar-refractivity contribution < 1.29 is 9.47 Å². The number of hydrogen-bond donors (Lipinski definition) is 11. The van der Waals surface area contributed by atoms with Crippen LogP contribution in [-0.4, -0.2) is 201 Å². The van der Waals surface area contributed by atoms with E-state index in [4.69, 9.17) is 21.1 Å². The highest BCUT2D eigenvalue weighted by atomic mass is 35.5. The number of halogens is 1. The zero-order chi connectivity index (χ0) is 88.5. The van der Waals surface area contributed by atoms with Crippen LogP contribution in [0.4, 0.5) is 82.0 Å². The molecule has 0 spiro atoms. The maximum atomic E-state index is 6.19. The molecular formula is C88H101ClN36O2. The number of nitrogens with zero attached hydrogens (tertiary/aromatic N) is 25. The van der Waals surface area contributed by atoms with Crippen LogP contribution in [0.5, 0.6) is 11.5 Å². The third-order valence-corrected chi connectivity index (χ3v) is 20.9. The van der Waals surface area contributed by atoms with E-state index in [-0.39, 0.29) is 0 Å². The average Bonchev–Trinajstić information content (AvgIpc) is 1.73. The van der Waals surface area contributed by atoms with Crippen molar-refractivity contribution in [2.45, 2.75) is 65.8 Å². The maximum absolute atomic E-state index is 6.19. The van der Waals surface area contributed by atoms with Crippen molar-refractivity contribution in [3.05, 3.63) is 263 Å². The standard InChI is InChI=1S/C16H20N6O.C16H20N6.C15H16N6.2C14H16N6.C13H13ClN6O/c1-11-8-12(10-13(9-11)23-3)4-5-18-14-15-20-21-16(17-2)22(15)7-6-19-14;1-11-4-5-13(10-12(11)2)6-7-18-14-15-20-21-16(17-3)22(15)9-8-19-14;1-16-15-20-19-14-13(17-7-8-21(14)15)18-12-6-5-10-3-2-4-11(10)9-12;1-15-14-18-17-13-12(16-8-9-20(13)14)19(2)10-11-6-4-3-5-7-11;1-15-14-19-18-13-12(17-9-10-20(13)14)16-8-7-11-5-3-2-4-6-11;1-15-13-19-18-12-11(16-5-6-20(12)13)17-10-7-8(21-2)3-4-9(10)14/h6-10H,4-5H2,1-3H3,(H,17,21)(H,18,19);4-5,8-10H,6-7H2,1-3H3,(H,17,21)(H,18,19);5-9H,2-4H2,1H3,(H,16,20)(H,17,18);3-9H,10H2,1-2H3,(H,15,18);2-6,9-10H,7-8H2,1H3,(H,15,19)(H,16,17);3-7H,1-2H3,(H,15,19)(H,16,17). The molecule has 0 fully saturated rings. The Morgan fingerprint density at radius 2 is 0.780 bits per heavy atom. The number of methoxy groups -OCH3 is 2. The normalized spacial score (nSPS) is 11.2. The molecule has 6 aromatic carbocycles. The van der Waals surface area contributed by atoms with E-state index in [9.17, 15) is 0 Å². The summed E-state index contributed by atoms with van der Waals surface area (Å²) in [4.78, 5) is 28.2. The number of fused-ring (bicyclic) bond motifs is 7. The predicted octanol–water partition coefficient (Wildman–Crippen LogP) is 13.2. The summed E-state index contributed by atoms with van der Waals surface area (Å²) in [5.41, 5.74) is 17.8. The molecule has 127 heavy (non-hydrogen) atoms. The second-order valence-electron chi connectivity index (χ2n) is 29.0. The van der Waals surface area contributed by atoms with E-state index in [1.54, 1.807) is 87.2 Å². The van der Waals surface area contributed by atoms with Gasteiger partial charge in [0.2, 0.25) is 69.6 Å². The molecule has 0 amide bonds. The monoisotopic (exact) mass is 1730 g/mol. The molecule has 1 aliphatic rings. The fourth-order valence-electron chi connectivity index (χ4n) is 14.0. The lowest BCUT2D eigenvalue weighted by atomic mass is 10.0. The Labute approximate surface area is 737 Å². The van der Waals surface area contributed by atoms with Crippen LogP contribution in [-0.2, 0) is 38.6 Å². The molecule has 12 heterocycles. The lowest BCUT2D eigenvalue weighted by Gasteiger charge is -2.18. The van der Waals surface area contributed by atoms with Crippen molar-refractivity contribution in [3.63, 3.8) is 0 Å². The molecule has 0 bridgehead atoms. The van der Waals surface area contributed by atoms with Gasteiger partial charge in [0.05, 0.1) is 24.9 Å². The Morgan fingerprint density at radius 3 is 1.25 bits per heavy atom. The Morgan fingerprint density at radius 1 is 0.362 bits per heavy atom. The number of ether oxygens (including phenoxy) is 2. The molecule has 652 valence electrons. The van der Waals surface area contributed by atoms with E-state index in [2.05, 4.69) is 248 Å². The summed E-state index contributed by atoms with van der Waals surface area (Å²) >= 11 is 6.19. The van der Waals surface area contributed by atoms with E-state index in [0.717, 1.165) is 104 Å². The van der Waals surface area contributed by atoms with E-state index in [1.807, 2.05) is 138 Å². The van der Waals surface area contributed by atoms with Crippen molar-refractivity contribution in [2.24, 2.45) is 0 Å². The molecule has 0 aliphatic heterocycles. The first-order valence-electron chi connectivity index (χ1n) is 41.1. The summed E-state index contributed by atoms with van der Waals surface area (Å²) in [6.07, 6.45) is 27.7. The highest BCUT2D eigenvalue weighted by Crippen LogP contribution is 2.32. The van der Waals surface area contributed by atoms with E-state index >= 15 is 0 Å². The fraction of sp³-hybridized carbons (Fsp3) is 0.250. The van der Waals surface area contributed by atoms with Gasteiger partial charge in [-0.15, -0.1) is 61.2 Å². The second kappa shape index (κ2) is 42.3. The minimum absolute atomic E-state index is 0.557. The van der Waals surface area contributed by atoms with E-state index < -0.39 is 0 Å². The highest BCUT2D eigenvalue weighted by molar-refractivity contribution is 6.33. The first-order valence-corrected chi connectivity index (χ1v) is 41.5. The number of rotatable bonds is 27. The topological polar surface area (TPSA) is 413 Å². The molecule has 39 heteroatoms. The molecule has 11 N–H and O–H groups in total. The number of nitrogens with one attached hydrogen (secondary N) is 11. The first kappa shape index (κ1) is 87.5. The number of benzene rings is 6. The maximum Gasteiger partial charge on any atom is 0.228 e. The van der Waals surface area contributed by atoms with Crippen LogP contribution in [0.15, 0.2) is 208 Å². The summed E-state index contributed by atoms with van der Waals surface area (Å²) in [5.74, 6) is 10.0. The molecule has 0 saturated carbocycles. The third-order valence-electron chi connectivity index (χ3n) is 20.6. The molecule has 0 saturated heterocycles. The highest BCUT2D eigenvalue weighted by Gasteiger charge is 2.19. The van der Waals surface area contributed by atoms with Crippen LogP contribution in [0.2, 0.25) is 5.02 Å². The number of hydrogen-bond acceptors (Lipinski definition) is 32. The summed E-state index contributed by atoms with van der Waals surface area (Å²) < 4.78 is 21.7. The second-order valence-corrected chi connectivity index (χ2v) is 29.4. The average molecular weight is 1730 g/mol. The molecule has 19 rings (SSSR count). The van der Waals surface area contributed by atoms with Crippen LogP contribution in [0.25, 0.3) is 33.9 Å². The molecular weight excluding hydrogens is 1630 g/mol. The predicted molar refractivity (Wildman–Crippen MR) is 500 cm³/mol. The van der Waals surface area contributed by atoms with Gasteiger partial charge in [-0.1, -0.05) is 103 Å². The molecule has 12 aromatic heterocycles. The SMILES string of the molecule is CNc1nnc2c(N(C)Cc3ccccc3)nccn12.CNc1nnc2c(NCCc3cc(C)cc(OC)c3)nccn12.CNc1nnc2c(NCCc3ccc(C)c(C)c3)nccn12.CNc1nnc2c(NCCc3ccccc3)nccn12.CNc1nnc2c(Nc3cc(OC)ccc3Cl)nccn12.CNc1nnc2c(Nc3ccc4c(c3)CCC4)nccn12. The van der Waals surface area contributed by atoms with Gasteiger partial charge in [-0.05, 0) is 146 Å². The zero-order valence-corrected chi connectivity index (χ0v) is 73.3. The van der Waals surface area contributed by atoms with E-state index in [1.165, 1.54) is 62.9 Å². The van der Waals surface area contributed by atoms with Gasteiger partial charge < -0.3 is 72.9 Å². The number of anilines is 14. The summed E-state index contributed by atoms with van der Waals surface area (Å²) in [6.45, 7) is 9.47. The largest absolute Gasteiger partial charge is 0.497 e. The zero-order valence-electron chi connectivity index (χ0n) is 72.6. The Hall–Kier alpha value is -15.9. The summed E-state index contributed by atoms with van der Waals surface area (Å²) in [6, 6.07) is 45.3. The van der Waals surface area contributed by atoms with Crippen LogP contribution < -0.4 is 72.9 Å². The van der Waals surface area contributed by atoms with Gasteiger partial charge in [0.1, 0.15) is 11.5 Å². The van der Waals surface area contributed by atoms with Crippen LogP contribution in [0, 0.1) is 20.8 Å². The quantitative estimate of drug-likeness (QED) is 0.0228. The van der Waals surface area contributed by atoms with Crippen LogP contribution in [0.1, 0.15) is 56.5 Å². The Kier molecular flexibility index (Phi) is 29.1. The van der Waals surface area contributed by atoms with Gasteiger partial charge >= 0.3 is 0 Å². The fourth-order valence-corrected chi connectivity index (χ4v) is 14.2. The molecule has 0 radical (unpaired) electrons. The van der Waals surface area contributed by atoms with Gasteiger partial charge in [-0.25, -0.2) is 29.9 Å². The molecule has 38 nitrogen and oxygen atoms in total. The smallest absolute Gasteiger partial charge is 0.228 e. The van der Waals surface area contributed by atoms with Crippen molar-refractivity contribution in [1.82, 2.24) is 117 Å². The van der Waals surface area contributed by atoms with Crippen molar-refractivity contribution >= 4 is 127 Å². The van der Waals surface area contributed by atoms with Gasteiger partial charge in [0.25, 0.3) is 0 Å². The van der Waals surface area contributed by atoms with Crippen molar-refractivity contribution in [2.75, 3.05) is 147 Å². The number of aryl methyl sites for hydroxylation is 5. The van der Waals surface area contributed by atoms with Crippen molar-refractivity contribution in [3.8, 4) is 11.5 Å². The van der Waals surface area contributed by atoms with Crippen LogP contribution >= 0.6 is 11.6 Å². The van der Waals surface area contributed by atoms with E-state index in [0.29, 0.717) is 80.7 Å². The summed E-state index contributed by atoms with van der Waals surface area (Å²) in [5, 5.41) is 84.4. The van der Waals surface area contributed by atoms with Gasteiger partial charge in [0.15, 0.2) is 34.9 Å². The number of aromatic nitrogens is 24. The molecule has 0 unspecified atom stereocenters. The van der Waals surface area contributed by atoms with Gasteiger partial charge in [-0.2, -0.15) is 0 Å². The molecule has 18 aromatic rings. The first-order chi connectivity index (χ1) is 62.1. The molecule has 0 atom stereocenters. The molecule has 1 aliphatic carbocycles.